The maximum atomic E-state index is 12.8. The largest absolute Gasteiger partial charge is 0.433 e. The number of fused-ring (bicyclic) bond motifs is 1. The van der Waals surface area contributed by atoms with Gasteiger partial charge in [0.1, 0.15) is 18.1 Å². The van der Waals surface area contributed by atoms with Crippen molar-refractivity contribution >= 4 is 28.9 Å². The van der Waals surface area contributed by atoms with Gasteiger partial charge in [-0.15, -0.1) is 0 Å². The molecule has 1 atom stereocenters. The molecule has 2 fully saturated rings. The third-order valence-corrected chi connectivity index (χ3v) is 11.0. The van der Waals surface area contributed by atoms with Crippen LogP contribution in [-0.2, 0) is 28.9 Å². The number of amides is 3. The predicted octanol–water partition coefficient (Wildman–Crippen LogP) is 7.31. The number of nitrogens with one attached hydrogen (secondary N) is 3. The molecule has 1 unspecified atom stereocenters. The van der Waals surface area contributed by atoms with E-state index < -0.39 is 23.8 Å². The molecular formula is C44H41F3N8O3. The fourth-order valence-corrected chi connectivity index (χ4v) is 7.69. The van der Waals surface area contributed by atoms with E-state index in [0.717, 1.165) is 95.5 Å². The number of carbonyl (C=O) groups is 3. The van der Waals surface area contributed by atoms with E-state index in [9.17, 15) is 27.6 Å². The zero-order valence-electron chi connectivity index (χ0n) is 31.7. The van der Waals surface area contributed by atoms with E-state index in [1.165, 1.54) is 17.5 Å². The smallest absolute Gasteiger partial charge is 0.374 e. The molecule has 2 saturated heterocycles. The standard InChI is InChI=1S/C44H41F3N8O3/c1-27-20-32(6-7-33(27)22-49-42(57)34-10-14-39(48-23-34)44(45,46)47)41-38-21-35(25-55(38)51-26-50-41)30-4-2-28(3-5-30)24-54-18-16-31(17-19-54)29-8-11-36(12-9-29)52-37-13-15-40(56)53-43(37)58/h2-12,14,20-21,23,25-26,31,37,52H,13,15-19,22,24H2,1H3,(H,49,57)(H,53,56,58). The summed E-state index contributed by atoms with van der Waals surface area (Å²) in [4.78, 5) is 46.6. The minimum absolute atomic E-state index is 0.0461. The van der Waals surface area contributed by atoms with E-state index in [1.54, 1.807) is 0 Å². The number of carbonyl (C=O) groups excluding carboxylic acids is 3. The number of anilines is 1. The Morgan fingerprint density at radius 3 is 2.33 bits per heavy atom. The van der Waals surface area contributed by atoms with Crippen LogP contribution in [0.3, 0.4) is 0 Å². The number of pyridine rings is 1. The van der Waals surface area contributed by atoms with Gasteiger partial charge in [-0.05, 0) is 109 Å². The van der Waals surface area contributed by atoms with E-state index >= 15 is 0 Å². The number of alkyl halides is 3. The topological polar surface area (TPSA) is 134 Å². The third kappa shape index (κ3) is 8.61. The molecule has 11 nitrogen and oxygen atoms in total. The van der Waals surface area contributed by atoms with Crippen LogP contribution in [0.2, 0.25) is 0 Å². The van der Waals surface area contributed by atoms with Crippen LogP contribution in [0.1, 0.15) is 69.9 Å². The van der Waals surface area contributed by atoms with E-state index in [4.69, 9.17) is 0 Å². The van der Waals surface area contributed by atoms with Gasteiger partial charge >= 0.3 is 6.18 Å². The first-order chi connectivity index (χ1) is 28.0. The van der Waals surface area contributed by atoms with Crippen LogP contribution in [0.25, 0.3) is 27.9 Å². The summed E-state index contributed by atoms with van der Waals surface area (Å²) in [6.07, 6.45) is 2.86. The highest BCUT2D eigenvalue weighted by atomic mass is 19.4. The van der Waals surface area contributed by atoms with Crippen molar-refractivity contribution in [1.29, 1.82) is 0 Å². The molecule has 3 amide bonds. The lowest BCUT2D eigenvalue weighted by atomic mass is 9.89. The molecule has 58 heavy (non-hydrogen) atoms. The van der Waals surface area contributed by atoms with Crippen molar-refractivity contribution in [3.05, 3.63) is 137 Å². The lowest BCUT2D eigenvalue weighted by Crippen LogP contribution is -2.47. The molecule has 296 valence electrons. The fraction of sp³-hybridized carbons (Fsp3) is 0.273. The van der Waals surface area contributed by atoms with Crippen LogP contribution >= 0.6 is 0 Å². The van der Waals surface area contributed by atoms with Crippen molar-refractivity contribution in [2.45, 2.75) is 63.8 Å². The number of nitrogens with zero attached hydrogens (tertiary/aromatic N) is 5. The Morgan fingerprint density at radius 2 is 1.64 bits per heavy atom. The first kappa shape index (κ1) is 38.5. The molecule has 3 aromatic carbocycles. The number of aromatic nitrogens is 4. The lowest BCUT2D eigenvalue weighted by molar-refractivity contribution is -0.141. The zero-order chi connectivity index (χ0) is 40.4. The summed E-state index contributed by atoms with van der Waals surface area (Å²) < 4.78 is 40.4. The number of hydrogen-bond donors (Lipinski definition) is 3. The molecule has 0 aliphatic carbocycles. The number of likely N-dealkylation sites (tertiary alicyclic amines) is 1. The van der Waals surface area contributed by atoms with Gasteiger partial charge in [-0.3, -0.25) is 29.6 Å². The average Bonchev–Trinajstić information content (AvgIpc) is 3.67. The van der Waals surface area contributed by atoms with Crippen LogP contribution in [0.4, 0.5) is 18.9 Å². The second-order valence-electron chi connectivity index (χ2n) is 14.9. The summed E-state index contributed by atoms with van der Waals surface area (Å²) in [6, 6.07) is 26.4. The first-order valence-electron chi connectivity index (χ1n) is 19.2. The molecule has 0 saturated carbocycles. The molecule has 8 rings (SSSR count). The second-order valence-corrected chi connectivity index (χ2v) is 14.9. The minimum Gasteiger partial charge on any atom is -0.374 e. The van der Waals surface area contributed by atoms with Gasteiger partial charge in [0.25, 0.3) is 5.91 Å². The van der Waals surface area contributed by atoms with Gasteiger partial charge in [0.05, 0.1) is 16.8 Å². The average molecular weight is 787 g/mol. The van der Waals surface area contributed by atoms with Gasteiger partial charge in [-0.25, -0.2) is 9.50 Å². The summed E-state index contributed by atoms with van der Waals surface area (Å²) in [6.45, 7) is 5.01. The number of halogens is 3. The summed E-state index contributed by atoms with van der Waals surface area (Å²) in [5, 5.41) is 12.9. The maximum Gasteiger partial charge on any atom is 0.433 e. The quantitative estimate of drug-likeness (QED) is 0.123. The highest BCUT2D eigenvalue weighted by molar-refractivity contribution is 6.01. The number of benzene rings is 3. The van der Waals surface area contributed by atoms with Crippen LogP contribution in [0, 0.1) is 6.92 Å². The van der Waals surface area contributed by atoms with Gasteiger partial charge in [0, 0.05) is 48.7 Å². The Hall–Kier alpha value is -6.41. The van der Waals surface area contributed by atoms with Gasteiger partial charge in [-0.1, -0.05) is 48.5 Å². The Kier molecular flexibility index (Phi) is 10.8. The normalized spacial score (nSPS) is 16.7. The number of imide groups is 1. The number of piperidine rings is 2. The second kappa shape index (κ2) is 16.2. The molecule has 5 heterocycles. The van der Waals surface area contributed by atoms with E-state index in [1.807, 2.05) is 48.0 Å². The molecule has 2 aliphatic heterocycles. The molecule has 0 bridgehead atoms. The molecule has 3 aromatic heterocycles. The fourth-order valence-electron chi connectivity index (χ4n) is 7.69. The minimum atomic E-state index is -4.57. The van der Waals surface area contributed by atoms with E-state index in [-0.39, 0.29) is 23.9 Å². The number of aryl methyl sites for hydroxylation is 1. The summed E-state index contributed by atoms with van der Waals surface area (Å²) >= 11 is 0. The van der Waals surface area contributed by atoms with Gasteiger partial charge in [0.15, 0.2) is 0 Å². The van der Waals surface area contributed by atoms with Crippen molar-refractivity contribution in [3.8, 4) is 22.4 Å². The van der Waals surface area contributed by atoms with Gasteiger partial charge < -0.3 is 10.6 Å². The highest BCUT2D eigenvalue weighted by Gasteiger charge is 2.32. The highest BCUT2D eigenvalue weighted by Crippen LogP contribution is 2.32. The van der Waals surface area contributed by atoms with Crippen molar-refractivity contribution in [2.24, 2.45) is 0 Å². The van der Waals surface area contributed by atoms with Crippen molar-refractivity contribution < 1.29 is 27.6 Å². The molecule has 3 N–H and O–H groups in total. The summed E-state index contributed by atoms with van der Waals surface area (Å²) in [7, 11) is 0. The van der Waals surface area contributed by atoms with Crippen molar-refractivity contribution in [2.75, 3.05) is 18.4 Å². The van der Waals surface area contributed by atoms with Crippen LogP contribution < -0.4 is 16.0 Å². The number of rotatable bonds is 10. The Balaban J connectivity index is 0.855. The number of hydrogen-bond acceptors (Lipinski definition) is 8. The van der Waals surface area contributed by atoms with E-state index in [0.29, 0.717) is 18.8 Å². The molecule has 14 heteroatoms. The van der Waals surface area contributed by atoms with E-state index in [2.05, 4.69) is 78.4 Å². The van der Waals surface area contributed by atoms with Gasteiger partial charge in [0.2, 0.25) is 11.8 Å². The molecule has 0 radical (unpaired) electrons. The van der Waals surface area contributed by atoms with Crippen molar-refractivity contribution in [1.82, 2.24) is 35.1 Å². The predicted molar refractivity (Wildman–Crippen MR) is 212 cm³/mol. The lowest BCUT2D eigenvalue weighted by Gasteiger charge is -2.32. The van der Waals surface area contributed by atoms with Crippen LogP contribution in [-0.4, -0.2) is 61.3 Å². The monoisotopic (exact) mass is 786 g/mol. The molecular weight excluding hydrogens is 746 g/mol. The Labute approximate surface area is 332 Å². The van der Waals surface area contributed by atoms with Crippen LogP contribution in [0.5, 0.6) is 0 Å². The molecule has 6 aromatic rings. The molecule has 2 aliphatic rings. The SMILES string of the molecule is Cc1cc(-c2ncnn3cc(-c4ccc(CN5CCC(c6ccc(NC7CCC(=O)NC7=O)cc6)CC5)cc4)cc23)ccc1CNC(=O)c1ccc(C(F)(F)F)nc1. The Bertz CT molecular complexity index is 2460. The Morgan fingerprint density at radius 1 is 0.879 bits per heavy atom. The zero-order valence-corrected chi connectivity index (χ0v) is 31.7. The van der Waals surface area contributed by atoms with Crippen molar-refractivity contribution in [3.63, 3.8) is 0 Å². The summed E-state index contributed by atoms with van der Waals surface area (Å²) in [5.74, 6) is -0.518. The molecule has 0 spiro atoms. The van der Waals surface area contributed by atoms with Crippen LogP contribution in [0.15, 0.2) is 104 Å². The maximum absolute atomic E-state index is 12.8. The first-order valence-corrected chi connectivity index (χ1v) is 19.2. The van der Waals surface area contributed by atoms with Gasteiger partial charge in [-0.2, -0.15) is 18.3 Å². The third-order valence-electron chi connectivity index (χ3n) is 11.0. The summed E-state index contributed by atoms with van der Waals surface area (Å²) in [5.41, 5.74) is 8.78.